The van der Waals surface area contributed by atoms with Gasteiger partial charge in [0.1, 0.15) is 0 Å². The van der Waals surface area contributed by atoms with E-state index in [2.05, 4.69) is 63.1 Å². The molecule has 2 heterocycles. The van der Waals surface area contributed by atoms with Crippen LogP contribution in [0, 0.1) is 0 Å². The monoisotopic (exact) mass is 835 g/mol. The molecule has 0 aliphatic heterocycles. The second kappa shape index (κ2) is 24.3. The molecular formula is C29H28Br2Cl2N6O2S2V. The van der Waals surface area contributed by atoms with Crippen LogP contribution in [0.1, 0.15) is 11.1 Å². The van der Waals surface area contributed by atoms with Crippen molar-refractivity contribution in [1.82, 2.24) is 20.6 Å². The molecule has 4 aromatic rings. The van der Waals surface area contributed by atoms with Crippen LogP contribution in [0.15, 0.2) is 94.1 Å². The SMILES string of the molecule is CO.S=C([N-]c1ccc(Br)cn1)NCCc1ccccc1Cl.S=C([N-]c1ccc(Br)cn1)NCCc1ccccc1Cl.[O]=[V+2]. The van der Waals surface area contributed by atoms with Crippen LogP contribution in [0.25, 0.3) is 10.6 Å². The van der Waals surface area contributed by atoms with Gasteiger partial charge in [-0.1, -0.05) is 116 Å². The van der Waals surface area contributed by atoms with Gasteiger partial charge in [-0.3, -0.25) is 0 Å². The first-order valence-corrected chi connectivity index (χ1v) is 16.3. The molecule has 2 aromatic carbocycles. The quantitative estimate of drug-likeness (QED) is 0.151. The third kappa shape index (κ3) is 16.9. The molecule has 0 atom stereocenters. The molecule has 0 saturated carbocycles. The summed E-state index contributed by atoms with van der Waals surface area (Å²) in [5, 5.41) is 24.0. The Morgan fingerprint density at radius 1 is 0.727 bits per heavy atom. The Morgan fingerprint density at radius 2 is 1.09 bits per heavy atom. The molecule has 0 spiro atoms. The molecule has 44 heavy (non-hydrogen) atoms. The molecule has 0 saturated heterocycles. The van der Waals surface area contributed by atoms with Crippen LogP contribution in [0.5, 0.6) is 0 Å². The van der Waals surface area contributed by atoms with Gasteiger partial charge in [-0.25, -0.2) is 0 Å². The number of nitrogens with one attached hydrogen (secondary N) is 2. The number of pyridine rings is 2. The topological polar surface area (TPSA) is 115 Å². The standard InChI is InChI=1S/2C14H13BrClN3S.CH4O.O.V/c2*15-11-5-6-13(18-9-11)19-14(20)17-8-7-10-3-1-2-4-12(10)16;1-2;;/h2*1-6,9H,7-8H2,(H2,17,18,19,20);2H,1H3;;/q;;;;+2/p-2. The van der Waals surface area contributed by atoms with E-state index in [0.29, 0.717) is 35.0 Å². The fraction of sp³-hybridized carbons (Fsp3) is 0.172. The van der Waals surface area contributed by atoms with Crippen molar-refractivity contribution in [1.29, 1.82) is 0 Å². The Hall–Kier alpha value is -2.00. The number of hydrogen-bond acceptors (Lipinski definition) is 6. The molecule has 0 unspecified atom stereocenters. The molecule has 0 bridgehead atoms. The Balaban J connectivity index is 0.000000395. The molecule has 8 nitrogen and oxygen atoms in total. The number of benzene rings is 2. The summed E-state index contributed by atoms with van der Waals surface area (Å²) in [6, 6.07) is 22.9. The fourth-order valence-electron chi connectivity index (χ4n) is 3.17. The predicted molar refractivity (Wildman–Crippen MR) is 190 cm³/mol. The summed E-state index contributed by atoms with van der Waals surface area (Å²) < 4.78 is 10.0. The Morgan fingerprint density at radius 3 is 1.41 bits per heavy atom. The molecule has 4 rings (SSSR count). The third-order valence-corrected chi connectivity index (χ3v) is 7.26. The van der Waals surface area contributed by atoms with E-state index in [1.54, 1.807) is 24.5 Å². The number of aliphatic hydroxyl groups is 1. The number of nitrogens with zero attached hydrogens (tertiary/aromatic N) is 4. The van der Waals surface area contributed by atoms with Crippen molar-refractivity contribution < 1.29 is 26.1 Å². The van der Waals surface area contributed by atoms with E-state index in [0.717, 1.165) is 67.4 Å². The van der Waals surface area contributed by atoms with Gasteiger partial charge in [0.25, 0.3) is 0 Å². The van der Waals surface area contributed by atoms with Crippen LogP contribution in [0.4, 0.5) is 11.6 Å². The van der Waals surface area contributed by atoms with Crippen LogP contribution in [0.3, 0.4) is 0 Å². The molecule has 15 heteroatoms. The summed E-state index contributed by atoms with van der Waals surface area (Å²) in [5.41, 5.74) is 2.18. The summed E-state index contributed by atoms with van der Waals surface area (Å²) in [5.74, 6) is 1.17. The Labute approximate surface area is 304 Å². The van der Waals surface area contributed by atoms with Gasteiger partial charge in [-0.2, -0.15) is 0 Å². The number of aliphatic hydroxyl groups excluding tert-OH is 1. The first kappa shape index (κ1) is 40.0. The van der Waals surface area contributed by atoms with E-state index in [-0.39, 0.29) is 0 Å². The molecule has 0 aliphatic carbocycles. The van der Waals surface area contributed by atoms with Gasteiger partial charge >= 0.3 is 21.0 Å². The second-order valence-electron chi connectivity index (χ2n) is 8.04. The number of hydrogen-bond donors (Lipinski definition) is 3. The van der Waals surface area contributed by atoms with Crippen molar-refractivity contribution in [3.05, 3.63) is 126 Å². The van der Waals surface area contributed by atoms with Crippen molar-refractivity contribution in [3.63, 3.8) is 0 Å². The van der Waals surface area contributed by atoms with E-state index in [1.807, 2.05) is 60.7 Å². The minimum absolute atomic E-state index is 0.423. The van der Waals surface area contributed by atoms with E-state index >= 15 is 0 Å². The fourth-order valence-corrected chi connectivity index (χ4v) is 4.49. The minimum atomic E-state index is 0.423. The van der Waals surface area contributed by atoms with Crippen LogP contribution in [-0.4, -0.2) is 45.5 Å². The zero-order valence-electron chi connectivity index (χ0n) is 23.3. The van der Waals surface area contributed by atoms with E-state index < -0.39 is 0 Å². The molecule has 3 N–H and O–H groups in total. The summed E-state index contributed by atoms with van der Waals surface area (Å²) in [4.78, 5) is 8.27. The number of thiocarbonyl (C=S) groups is 2. The van der Waals surface area contributed by atoms with Crippen LogP contribution < -0.4 is 10.6 Å². The van der Waals surface area contributed by atoms with Gasteiger partial charge in [-0.15, -0.1) is 0 Å². The van der Waals surface area contributed by atoms with Crippen molar-refractivity contribution in [2.45, 2.75) is 12.8 Å². The zero-order valence-corrected chi connectivity index (χ0v) is 31.0. The number of halogens is 4. The third-order valence-electron chi connectivity index (χ3n) is 5.11. The van der Waals surface area contributed by atoms with E-state index in [9.17, 15) is 0 Å². The first-order valence-electron chi connectivity index (χ1n) is 12.6. The van der Waals surface area contributed by atoms with Crippen LogP contribution >= 0.6 is 79.5 Å². The molecular weight excluding hydrogens is 810 g/mol. The summed E-state index contributed by atoms with van der Waals surface area (Å²) in [6.07, 6.45) is 4.96. The first-order chi connectivity index (χ1) is 21.3. The molecule has 0 amide bonds. The summed E-state index contributed by atoms with van der Waals surface area (Å²) in [7, 11) is 1.00. The Bertz CT molecular complexity index is 1320. The second-order valence-corrected chi connectivity index (χ2v) is 11.5. The molecule has 2 aromatic heterocycles. The maximum absolute atomic E-state index is 8.19. The van der Waals surface area contributed by atoms with Gasteiger partial charge in [0.15, 0.2) is 0 Å². The molecule has 0 fully saturated rings. The predicted octanol–water partition coefficient (Wildman–Crippen LogP) is 8.73. The number of aromatic nitrogens is 2. The van der Waals surface area contributed by atoms with E-state index in [1.165, 1.54) is 0 Å². The van der Waals surface area contributed by atoms with Crippen molar-refractivity contribution in [2.75, 3.05) is 20.2 Å². The Kier molecular flexibility index (Phi) is 22.1. The van der Waals surface area contributed by atoms with Gasteiger partial charge in [0.2, 0.25) is 0 Å². The van der Waals surface area contributed by atoms with Gasteiger partial charge in [-0.05, 0) is 85.8 Å². The van der Waals surface area contributed by atoms with Crippen molar-refractivity contribution in [3.8, 4) is 0 Å². The summed E-state index contributed by atoms with van der Waals surface area (Å²) >= 11 is 30.2. The van der Waals surface area contributed by atoms with E-state index in [4.69, 9.17) is 56.4 Å². The van der Waals surface area contributed by atoms with Gasteiger partial charge in [0, 0.05) is 37.7 Å². The molecule has 0 radical (unpaired) electrons. The summed E-state index contributed by atoms with van der Waals surface area (Å²) in [6.45, 7) is 1.37. The zero-order chi connectivity index (χ0) is 32.7. The maximum atomic E-state index is 8.19. The normalized spacial score (nSPS) is 9.45. The van der Waals surface area contributed by atoms with Crippen molar-refractivity contribution >= 4 is 101 Å². The van der Waals surface area contributed by atoms with Gasteiger partial charge in [0.05, 0.1) is 10.2 Å². The number of rotatable bonds is 8. The molecule has 0 aliphatic rings. The van der Waals surface area contributed by atoms with Crippen molar-refractivity contribution in [2.24, 2.45) is 0 Å². The van der Waals surface area contributed by atoms with Crippen LogP contribution in [-0.2, 0) is 33.9 Å². The average molecular weight is 838 g/mol. The molecule has 231 valence electrons. The van der Waals surface area contributed by atoms with Gasteiger partial charge < -0.3 is 36.3 Å². The average Bonchev–Trinajstić information content (AvgIpc) is 3.04. The van der Waals surface area contributed by atoms with Crippen LogP contribution in [0.2, 0.25) is 10.0 Å².